The van der Waals surface area contributed by atoms with E-state index in [1.54, 1.807) is 11.3 Å². The number of thiazole rings is 1. The fourth-order valence-electron chi connectivity index (χ4n) is 4.65. The molecule has 7 heteroatoms. The van der Waals surface area contributed by atoms with Crippen LogP contribution in [0.15, 0.2) is 21.5 Å². The zero-order chi connectivity index (χ0) is 18.0. The van der Waals surface area contributed by atoms with Gasteiger partial charge in [-0.2, -0.15) is 0 Å². The first-order chi connectivity index (χ1) is 12.7. The van der Waals surface area contributed by atoms with Gasteiger partial charge in [0.05, 0.1) is 23.4 Å². The molecule has 0 aromatic carbocycles. The monoisotopic (exact) mass is 376 g/mol. The number of piperidine rings is 2. The summed E-state index contributed by atoms with van der Waals surface area (Å²) in [4.78, 5) is 9.33. The summed E-state index contributed by atoms with van der Waals surface area (Å²) >= 11 is 1.65. The number of rotatable bonds is 5. The number of aromatic nitrogens is 2. The van der Waals surface area contributed by atoms with E-state index in [1.165, 1.54) is 6.42 Å². The van der Waals surface area contributed by atoms with Crippen molar-refractivity contribution in [1.29, 1.82) is 0 Å². The lowest BCUT2D eigenvalue weighted by atomic mass is 9.64. The van der Waals surface area contributed by atoms with Crippen molar-refractivity contribution in [3.8, 4) is 0 Å². The van der Waals surface area contributed by atoms with Gasteiger partial charge in [0.1, 0.15) is 0 Å². The van der Waals surface area contributed by atoms with E-state index in [1.807, 2.05) is 18.5 Å². The maximum Gasteiger partial charge on any atom is 0.150 e. The third kappa shape index (κ3) is 3.86. The average molecular weight is 377 g/mol. The van der Waals surface area contributed by atoms with Crippen LogP contribution in [0.4, 0.5) is 0 Å². The van der Waals surface area contributed by atoms with Crippen LogP contribution in [0.2, 0.25) is 0 Å². The molecule has 26 heavy (non-hydrogen) atoms. The Balaban J connectivity index is 1.33. The third-order valence-electron chi connectivity index (χ3n) is 6.27. The number of nitrogens with zero attached hydrogens (tertiary/aromatic N) is 4. The number of hydrogen-bond acceptors (Lipinski definition) is 7. The van der Waals surface area contributed by atoms with Gasteiger partial charge >= 0.3 is 0 Å². The van der Waals surface area contributed by atoms with E-state index in [2.05, 4.69) is 25.3 Å². The van der Waals surface area contributed by atoms with Crippen molar-refractivity contribution in [2.24, 2.45) is 11.3 Å². The normalized spacial score (nSPS) is 24.3. The van der Waals surface area contributed by atoms with Crippen LogP contribution in [0, 0.1) is 18.3 Å². The fourth-order valence-corrected chi connectivity index (χ4v) is 5.20. The van der Waals surface area contributed by atoms with Gasteiger partial charge in [0.25, 0.3) is 0 Å². The zero-order valence-electron chi connectivity index (χ0n) is 15.4. The van der Waals surface area contributed by atoms with E-state index < -0.39 is 0 Å². The van der Waals surface area contributed by atoms with Crippen molar-refractivity contribution in [2.75, 3.05) is 32.8 Å². The summed E-state index contributed by atoms with van der Waals surface area (Å²) in [5.74, 6) is 1.32. The molecule has 1 unspecified atom stereocenters. The lowest BCUT2D eigenvalue weighted by Crippen LogP contribution is -2.53. The van der Waals surface area contributed by atoms with Gasteiger partial charge < -0.3 is 9.63 Å². The molecular formula is C19H28N4O2S. The Morgan fingerprint density at radius 1 is 1.23 bits per heavy atom. The van der Waals surface area contributed by atoms with Gasteiger partial charge in [0.2, 0.25) is 0 Å². The molecule has 0 radical (unpaired) electrons. The Morgan fingerprint density at radius 2 is 2.00 bits per heavy atom. The molecule has 1 spiro atoms. The minimum absolute atomic E-state index is 0.287. The maximum atomic E-state index is 10.1. The van der Waals surface area contributed by atoms with Gasteiger partial charge in [0, 0.05) is 37.1 Å². The molecule has 2 aliphatic heterocycles. The van der Waals surface area contributed by atoms with Gasteiger partial charge in [-0.3, -0.25) is 9.80 Å². The van der Waals surface area contributed by atoms with Crippen LogP contribution in [0.5, 0.6) is 0 Å². The van der Waals surface area contributed by atoms with Gasteiger partial charge in [-0.05, 0) is 51.2 Å². The zero-order valence-corrected chi connectivity index (χ0v) is 16.2. The van der Waals surface area contributed by atoms with E-state index in [4.69, 9.17) is 4.52 Å². The summed E-state index contributed by atoms with van der Waals surface area (Å²) in [5.41, 5.74) is 4.29. The topological polar surface area (TPSA) is 65.6 Å². The second-order valence-corrected chi connectivity index (χ2v) is 8.64. The Morgan fingerprint density at radius 3 is 2.62 bits per heavy atom. The van der Waals surface area contributed by atoms with Gasteiger partial charge in [-0.1, -0.05) is 5.16 Å². The average Bonchev–Trinajstić information content (AvgIpc) is 3.30. The summed E-state index contributed by atoms with van der Waals surface area (Å²) in [6, 6.07) is 2.03. The first-order valence-electron chi connectivity index (χ1n) is 9.52. The number of aliphatic hydroxyl groups is 1. The number of aryl methyl sites for hydroxylation is 1. The van der Waals surface area contributed by atoms with E-state index in [9.17, 15) is 5.11 Å². The predicted octanol–water partition coefficient (Wildman–Crippen LogP) is 2.54. The first-order valence-corrected chi connectivity index (χ1v) is 10.5. The third-order valence-corrected chi connectivity index (χ3v) is 6.90. The van der Waals surface area contributed by atoms with Crippen molar-refractivity contribution in [3.63, 3.8) is 0 Å². The highest BCUT2D eigenvalue weighted by atomic mass is 32.1. The summed E-state index contributed by atoms with van der Waals surface area (Å²) in [6.07, 6.45) is 3.50. The quantitative estimate of drug-likeness (QED) is 0.865. The lowest BCUT2D eigenvalue weighted by Gasteiger charge is -2.51. The van der Waals surface area contributed by atoms with Crippen molar-refractivity contribution < 1.29 is 9.63 Å². The SMILES string of the molecule is Cc1cc(CN2CCC3(CC2)CCN(Cc2cscn2)CC3CO)on1. The number of aliphatic hydroxyl groups excluding tert-OH is 1. The van der Waals surface area contributed by atoms with Crippen LogP contribution in [-0.4, -0.2) is 57.8 Å². The molecule has 2 aromatic rings. The van der Waals surface area contributed by atoms with Crippen LogP contribution in [-0.2, 0) is 13.1 Å². The Labute approximate surface area is 158 Å². The van der Waals surface area contributed by atoms with E-state index in [0.717, 1.165) is 69.3 Å². The Bertz CT molecular complexity index is 694. The first kappa shape index (κ1) is 18.1. The smallest absolute Gasteiger partial charge is 0.150 e. The molecule has 1 atom stereocenters. The molecule has 4 rings (SSSR count). The molecule has 1 N–H and O–H groups in total. The standard InChI is InChI=1S/C19H28N4O2S/c1-15-8-18(25-21-15)11-22-5-2-19(3-6-22)4-7-23(9-16(19)12-24)10-17-13-26-14-20-17/h8,13-14,16,24H,2-7,9-12H2,1H3. The van der Waals surface area contributed by atoms with Gasteiger partial charge in [-0.15, -0.1) is 11.3 Å². The molecule has 0 bridgehead atoms. The highest BCUT2D eigenvalue weighted by Crippen LogP contribution is 2.45. The summed E-state index contributed by atoms with van der Waals surface area (Å²) < 4.78 is 5.37. The molecule has 2 fully saturated rings. The minimum atomic E-state index is 0.287. The van der Waals surface area contributed by atoms with Crippen LogP contribution in [0.1, 0.15) is 36.4 Å². The molecule has 2 aliphatic rings. The maximum absolute atomic E-state index is 10.1. The molecule has 6 nitrogen and oxygen atoms in total. The second kappa shape index (κ2) is 7.76. The minimum Gasteiger partial charge on any atom is -0.396 e. The number of likely N-dealkylation sites (tertiary alicyclic amines) is 2. The Kier molecular flexibility index (Phi) is 5.40. The number of hydrogen-bond donors (Lipinski definition) is 1. The fraction of sp³-hybridized carbons (Fsp3) is 0.684. The lowest BCUT2D eigenvalue weighted by molar-refractivity contribution is -0.0461. The van der Waals surface area contributed by atoms with Crippen LogP contribution >= 0.6 is 11.3 Å². The van der Waals surface area contributed by atoms with E-state index >= 15 is 0 Å². The van der Waals surface area contributed by atoms with E-state index in [-0.39, 0.29) is 6.61 Å². The largest absolute Gasteiger partial charge is 0.396 e. The molecule has 2 saturated heterocycles. The van der Waals surface area contributed by atoms with Crippen LogP contribution in [0.3, 0.4) is 0 Å². The van der Waals surface area contributed by atoms with Gasteiger partial charge in [0.15, 0.2) is 5.76 Å². The second-order valence-electron chi connectivity index (χ2n) is 7.92. The Hall–Kier alpha value is -1.28. The van der Waals surface area contributed by atoms with Crippen LogP contribution < -0.4 is 0 Å². The molecule has 2 aromatic heterocycles. The molecule has 0 saturated carbocycles. The van der Waals surface area contributed by atoms with Crippen molar-refractivity contribution in [3.05, 3.63) is 34.1 Å². The highest BCUT2D eigenvalue weighted by molar-refractivity contribution is 7.07. The molecule has 0 aliphatic carbocycles. The predicted molar refractivity (Wildman–Crippen MR) is 101 cm³/mol. The summed E-state index contributed by atoms with van der Waals surface area (Å²) in [7, 11) is 0. The molecular weight excluding hydrogens is 348 g/mol. The van der Waals surface area contributed by atoms with Gasteiger partial charge in [-0.25, -0.2) is 4.98 Å². The van der Waals surface area contributed by atoms with Crippen molar-refractivity contribution >= 4 is 11.3 Å². The summed E-state index contributed by atoms with van der Waals surface area (Å²) in [6.45, 7) is 8.23. The molecule has 0 amide bonds. The van der Waals surface area contributed by atoms with E-state index in [0.29, 0.717) is 11.3 Å². The molecule has 142 valence electrons. The highest BCUT2D eigenvalue weighted by Gasteiger charge is 2.44. The summed E-state index contributed by atoms with van der Waals surface area (Å²) in [5, 5.41) is 16.2. The molecule has 4 heterocycles. The van der Waals surface area contributed by atoms with Crippen molar-refractivity contribution in [2.45, 2.75) is 39.3 Å². The van der Waals surface area contributed by atoms with Crippen LogP contribution in [0.25, 0.3) is 0 Å². The van der Waals surface area contributed by atoms with Crippen molar-refractivity contribution in [1.82, 2.24) is 19.9 Å².